The minimum Gasteiger partial charge on any atom is -0.351 e. The van der Waals surface area contributed by atoms with Gasteiger partial charge in [-0.25, -0.2) is 4.68 Å². The molecule has 0 radical (unpaired) electrons. The molecular weight excluding hydrogens is 268 g/mol. The lowest BCUT2D eigenvalue weighted by molar-refractivity contribution is 0.0943. The molecule has 0 unspecified atom stereocenters. The molecule has 1 aliphatic heterocycles. The zero-order valence-corrected chi connectivity index (χ0v) is 12.8. The summed E-state index contributed by atoms with van der Waals surface area (Å²) in [5.74, 6) is 0.620. The monoisotopic (exact) mass is 292 g/mol. The van der Waals surface area contributed by atoms with E-state index in [1.54, 1.807) is 0 Å². The van der Waals surface area contributed by atoms with Crippen molar-refractivity contribution in [1.29, 1.82) is 0 Å². The smallest absolute Gasteiger partial charge is 0.271 e. The summed E-state index contributed by atoms with van der Waals surface area (Å²) in [7, 11) is 1.54. The Bertz CT molecular complexity index is 533. The van der Waals surface area contributed by atoms with Crippen LogP contribution in [0.2, 0.25) is 0 Å². The average Bonchev–Trinajstić information content (AvgIpc) is 2.48. The van der Waals surface area contributed by atoms with Crippen LogP contribution in [-0.2, 0) is 7.05 Å². The van der Waals surface area contributed by atoms with Gasteiger partial charge < -0.3 is 10.2 Å². The van der Waals surface area contributed by atoms with E-state index in [-0.39, 0.29) is 17.2 Å². The van der Waals surface area contributed by atoms with E-state index in [4.69, 9.17) is 0 Å². The largest absolute Gasteiger partial charge is 0.351 e. The lowest BCUT2D eigenvalue weighted by atomic mass is 9.99. The van der Waals surface area contributed by atoms with Crippen LogP contribution in [0.4, 0.5) is 0 Å². The average molecular weight is 292 g/mol. The third kappa shape index (κ3) is 4.67. The Hall–Kier alpha value is -1.69. The SMILES string of the molecule is CC1CCN(CCCNC(=O)c2ccc(=O)n(C)n2)CC1. The Morgan fingerprint density at radius 2 is 2.10 bits per heavy atom. The van der Waals surface area contributed by atoms with Crippen molar-refractivity contribution >= 4 is 5.91 Å². The zero-order chi connectivity index (χ0) is 15.2. The number of carbonyl (C=O) groups is 1. The van der Waals surface area contributed by atoms with E-state index in [9.17, 15) is 9.59 Å². The van der Waals surface area contributed by atoms with Gasteiger partial charge in [0.05, 0.1) is 0 Å². The number of hydrogen-bond donors (Lipinski definition) is 1. The summed E-state index contributed by atoms with van der Waals surface area (Å²) in [5.41, 5.74) is 0.0646. The summed E-state index contributed by atoms with van der Waals surface area (Å²) in [6.07, 6.45) is 3.48. The fourth-order valence-electron chi connectivity index (χ4n) is 2.50. The van der Waals surface area contributed by atoms with E-state index in [1.165, 1.54) is 36.7 Å². The maximum absolute atomic E-state index is 11.9. The summed E-state index contributed by atoms with van der Waals surface area (Å²) in [5, 5.41) is 6.78. The van der Waals surface area contributed by atoms with Crippen molar-refractivity contribution in [2.45, 2.75) is 26.2 Å². The number of hydrogen-bond acceptors (Lipinski definition) is 4. The van der Waals surface area contributed by atoms with Crippen molar-refractivity contribution in [3.8, 4) is 0 Å². The summed E-state index contributed by atoms with van der Waals surface area (Å²) < 4.78 is 1.17. The second-order valence-electron chi connectivity index (χ2n) is 5.81. The second kappa shape index (κ2) is 7.36. The first kappa shape index (κ1) is 15.7. The van der Waals surface area contributed by atoms with Gasteiger partial charge in [-0.2, -0.15) is 5.10 Å². The van der Waals surface area contributed by atoms with Crippen molar-refractivity contribution in [3.63, 3.8) is 0 Å². The van der Waals surface area contributed by atoms with Crippen molar-refractivity contribution in [3.05, 3.63) is 28.2 Å². The molecule has 1 amide bonds. The van der Waals surface area contributed by atoms with E-state index in [0.29, 0.717) is 6.54 Å². The van der Waals surface area contributed by atoms with E-state index in [2.05, 4.69) is 22.2 Å². The van der Waals surface area contributed by atoms with E-state index >= 15 is 0 Å². The Morgan fingerprint density at radius 1 is 1.38 bits per heavy atom. The van der Waals surface area contributed by atoms with Gasteiger partial charge in [-0.3, -0.25) is 9.59 Å². The molecule has 21 heavy (non-hydrogen) atoms. The first-order valence-corrected chi connectivity index (χ1v) is 7.61. The highest BCUT2D eigenvalue weighted by Crippen LogP contribution is 2.15. The number of aromatic nitrogens is 2. The van der Waals surface area contributed by atoms with Gasteiger partial charge in [0.25, 0.3) is 11.5 Å². The number of nitrogens with one attached hydrogen (secondary N) is 1. The standard InChI is InChI=1S/C15H24N4O2/c1-12-6-10-19(11-7-12)9-3-8-16-15(21)13-4-5-14(20)18(2)17-13/h4-5,12H,3,6-11H2,1-2H3,(H,16,21). The highest BCUT2D eigenvalue weighted by molar-refractivity contribution is 5.91. The molecule has 2 heterocycles. The minimum atomic E-state index is -0.224. The van der Waals surface area contributed by atoms with Gasteiger partial charge in [-0.15, -0.1) is 0 Å². The number of piperidine rings is 1. The van der Waals surface area contributed by atoms with Crippen LogP contribution in [0.15, 0.2) is 16.9 Å². The fourth-order valence-corrected chi connectivity index (χ4v) is 2.50. The summed E-state index contributed by atoms with van der Waals surface area (Å²) in [6.45, 7) is 6.29. The Kier molecular flexibility index (Phi) is 5.50. The van der Waals surface area contributed by atoms with Crippen molar-refractivity contribution in [2.75, 3.05) is 26.2 Å². The van der Waals surface area contributed by atoms with E-state index < -0.39 is 0 Å². The molecule has 0 aliphatic carbocycles. The number of rotatable bonds is 5. The topological polar surface area (TPSA) is 67.2 Å². The first-order valence-electron chi connectivity index (χ1n) is 7.61. The van der Waals surface area contributed by atoms with Crippen LogP contribution < -0.4 is 10.9 Å². The number of carbonyl (C=O) groups excluding carboxylic acids is 1. The highest BCUT2D eigenvalue weighted by atomic mass is 16.2. The van der Waals surface area contributed by atoms with E-state index in [0.717, 1.165) is 32.0 Å². The molecule has 6 nitrogen and oxygen atoms in total. The quantitative estimate of drug-likeness (QED) is 0.808. The third-order valence-corrected chi connectivity index (χ3v) is 4.01. The van der Waals surface area contributed by atoms with Crippen molar-refractivity contribution in [2.24, 2.45) is 13.0 Å². The summed E-state index contributed by atoms with van der Waals surface area (Å²) in [4.78, 5) is 25.6. The molecule has 2 rings (SSSR count). The number of amides is 1. The molecule has 0 spiro atoms. The van der Waals surface area contributed by atoms with Gasteiger partial charge in [0.2, 0.25) is 0 Å². The van der Waals surface area contributed by atoms with E-state index in [1.807, 2.05) is 0 Å². The second-order valence-corrected chi connectivity index (χ2v) is 5.81. The first-order chi connectivity index (χ1) is 10.1. The molecule has 116 valence electrons. The van der Waals surface area contributed by atoms with Gasteiger partial charge in [-0.05, 0) is 50.9 Å². The van der Waals surface area contributed by atoms with Crippen LogP contribution in [-0.4, -0.2) is 46.8 Å². The molecule has 1 aromatic rings. The maximum atomic E-state index is 11.9. The zero-order valence-electron chi connectivity index (χ0n) is 12.8. The lowest BCUT2D eigenvalue weighted by Crippen LogP contribution is -2.35. The third-order valence-electron chi connectivity index (χ3n) is 4.01. The molecule has 0 aromatic carbocycles. The molecule has 1 saturated heterocycles. The van der Waals surface area contributed by atoms with Crippen LogP contribution in [0, 0.1) is 5.92 Å². The summed E-state index contributed by atoms with van der Waals surface area (Å²) >= 11 is 0. The molecule has 0 bridgehead atoms. The fraction of sp³-hybridized carbons (Fsp3) is 0.667. The Morgan fingerprint density at radius 3 is 2.76 bits per heavy atom. The van der Waals surface area contributed by atoms with Gasteiger partial charge in [-0.1, -0.05) is 6.92 Å². The van der Waals surface area contributed by atoms with Crippen LogP contribution in [0.1, 0.15) is 36.7 Å². The van der Waals surface area contributed by atoms with Crippen LogP contribution >= 0.6 is 0 Å². The Labute approximate surface area is 125 Å². The highest BCUT2D eigenvalue weighted by Gasteiger charge is 2.15. The molecule has 1 aromatic heterocycles. The van der Waals surface area contributed by atoms with Crippen LogP contribution in [0.3, 0.4) is 0 Å². The predicted octanol–water partition coefficient (Wildman–Crippen LogP) is 0.632. The van der Waals surface area contributed by atoms with Crippen LogP contribution in [0.25, 0.3) is 0 Å². The van der Waals surface area contributed by atoms with Gasteiger partial charge >= 0.3 is 0 Å². The molecule has 1 aliphatic rings. The van der Waals surface area contributed by atoms with Crippen molar-refractivity contribution in [1.82, 2.24) is 20.0 Å². The lowest BCUT2D eigenvalue weighted by Gasteiger charge is -2.30. The number of likely N-dealkylation sites (tertiary alicyclic amines) is 1. The molecule has 0 atom stereocenters. The maximum Gasteiger partial charge on any atom is 0.271 e. The van der Waals surface area contributed by atoms with Crippen LogP contribution in [0.5, 0.6) is 0 Å². The molecular formula is C15H24N4O2. The number of aryl methyl sites for hydroxylation is 1. The minimum absolute atomic E-state index is 0.217. The van der Waals surface area contributed by atoms with Gasteiger partial charge in [0.15, 0.2) is 0 Å². The van der Waals surface area contributed by atoms with Gasteiger partial charge in [0.1, 0.15) is 5.69 Å². The molecule has 1 N–H and O–H groups in total. The normalized spacial score (nSPS) is 16.9. The van der Waals surface area contributed by atoms with Gasteiger partial charge in [0, 0.05) is 19.7 Å². The van der Waals surface area contributed by atoms with Crippen molar-refractivity contribution < 1.29 is 4.79 Å². The summed E-state index contributed by atoms with van der Waals surface area (Å²) in [6, 6.07) is 2.82. The predicted molar refractivity (Wildman–Crippen MR) is 81.3 cm³/mol. The number of nitrogens with zero attached hydrogens (tertiary/aromatic N) is 3. The molecule has 0 saturated carbocycles. The molecule has 1 fully saturated rings. The Balaban J connectivity index is 1.69. The molecule has 6 heteroatoms.